The monoisotopic (exact) mass is 403 g/mol. The summed E-state index contributed by atoms with van der Waals surface area (Å²) in [6, 6.07) is 4.85. The Bertz CT molecular complexity index is 500. The maximum absolute atomic E-state index is 6.14. The van der Waals surface area contributed by atoms with Gasteiger partial charge in [-0.05, 0) is 56.2 Å². The Hall–Kier alpha value is -0.450. The highest BCUT2D eigenvalue weighted by atomic mass is 79.9. The van der Waals surface area contributed by atoms with E-state index in [-0.39, 0.29) is 12.4 Å². The van der Waals surface area contributed by atoms with Crippen LogP contribution in [0.4, 0.5) is 0 Å². The van der Waals surface area contributed by atoms with Crippen molar-refractivity contribution in [3.05, 3.63) is 22.2 Å². The minimum atomic E-state index is 0. The normalized spacial score (nSPS) is 18.9. The van der Waals surface area contributed by atoms with Crippen molar-refractivity contribution in [1.29, 1.82) is 0 Å². The number of halogens is 2. The van der Waals surface area contributed by atoms with Crippen molar-refractivity contribution in [3.63, 3.8) is 0 Å². The van der Waals surface area contributed by atoms with E-state index in [4.69, 9.17) is 9.47 Å². The zero-order valence-corrected chi connectivity index (χ0v) is 16.2. The Morgan fingerprint density at radius 1 is 1.04 bits per heavy atom. The van der Waals surface area contributed by atoms with E-state index in [1.165, 1.54) is 44.1 Å². The van der Waals surface area contributed by atoms with Gasteiger partial charge in [0.25, 0.3) is 0 Å². The van der Waals surface area contributed by atoms with Gasteiger partial charge < -0.3 is 14.8 Å². The SMILES string of the molecule is COc1cc(CNC2CCCC2)c(Br)cc1OC1CCCC1.Cl. The summed E-state index contributed by atoms with van der Waals surface area (Å²) in [4.78, 5) is 0. The molecule has 0 saturated heterocycles. The molecule has 130 valence electrons. The van der Waals surface area contributed by atoms with Gasteiger partial charge in [0.2, 0.25) is 0 Å². The van der Waals surface area contributed by atoms with Crippen molar-refractivity contribution in [2.24, 2.45) is 0 Å². The van der Waals surface area contributed by atoms with E-state index in [1.54, 1.807) is 7.11 Å². The van der Waals surface area contributed by atoms with E-state index in [9.17, 15) is 0 Å². The molecule has 0 amide bonds. The molecule has 2 aliphatic carbocycles. The van der Waals surface area contributed by atoms with Gasteiger partial charge in [-0.15, -0.1) is 12.4 Å². The Morgan fingerprint density at radius 2 is 1.70 bits per heavy atom. The maximum atomic E-state index is 6.14. The van der Waals surface area contributed by atoms with Crippen LogP contribution in [0.1, 0.15) is 56.9 Å². The highest BCUT2D eigenvalue weighted by Crippen LogP contribution is 2.36. The standard InChI is InChI=1S/C18H26BrNO2.ClH/c1-21-17-10-13(12-20-14-6-2-3-7-14)16(19)11-18(17)22-15-8-4-5-9-15;/h10-11,14-15,20H,2-9,12H2,1H3;1H. The van der Waals surface area contributed by atoms with Crippen LogP contribution in [0, 0.1) is 0 Å². The Morgan fingerprint density at radius 3 is 2.35 bits per heavy atom. The highest BCUT2D eigenvalue weighted by Gasteiger charge is 2.20. The number of ether oxygens (including phenoxy) is 2. The number of nitrogens with one attached hydrogen (secondary N) is 1. The lowest BCUT2D eigenvalue weighted by atomic mass is 10.1. The topological polar surface area (TPSA) is 30.5 Å². The molecule has 2 saturated carbocycles. The van der Waals surface area contributed by atoms with Gasteiger partial charge in [0, 0.05) is 17.1 Å². The fourth-order valence-electron chi connectivity index (χ4n) is 3.53. The van der Waals surface area contributed by atoms with E-state index < -0.39 is 0 Å². The summed E-state index contributed by atoms with van der Waals surface area (Å²) < 4.78 is 12.8. The summed E-state index contributed by atoms with van der Waals surface area (Å²) in [7, 11) is 1.72. The largest absolute Gasteiger partial charge is 0.493 e. The smallest absolute Gasteiger partial charge is 0.162 e. The molecule has 1 N–H and O–H groups in total. The van der Waals surface area contributed by atoms with E-state index in [0.29, 0.717) is 12.1 Å². The van der Waals surface area contributed by atoms with Crippen LogP contribution >= 0.6 is 28.3 Å². The molecule has 0 unspecified atom stereocenters. The Kier molecular flexibility index (Phi) is 7.51. The zero-order valence-electron chi connectivity index (χ0n) is 13.8. The van der Waals surface area contributed by atoms with Crippen LogP contribution in [0.2, 0.25) is 0 Å². The van der Waals surface area contributed by atoms with Crippen LogP contribution < -0.4 is 14.8 Å². The van der Waals surface area contributed by atoms with Gasteiger partial charge in [-0.3, -0.25) is 0 Å². The van der Waals surface area contributed by atoms with E-state index >= 15 is 0 Å². The molecule has 0 atom stereocenters. The van der Waals surface area contributed by atoms with Crippen LogP contribution in [0.3, 0.4) is 0 Å². The first-order chi connectivity index (χ1) is 10.8. The molecular formula is C18H27BrClNO2. The van der Waals surface area contributed by atoms with Gasteiger partial charge in [0.1, 0.15) is 0 Å². The van der Waals surface area contributed by atoms with E-state index in [1.807, 2.05) is 0 Å². The van der Waals surface area contributed by atoms with E-state index in [2.05, 4.69) is 33.4 Å². The van der Waals surface area contributed by atoms with Gasteiger partial charge in [-0.25, -0.2) is 0 Å². The molecule has 0 heterocycles. The molecule has 2 fully saturated rings. The van der Waals surface area contributed by atoms with Gasteiger partial charge >= 0.3 is 0 Å². The molecule has 0 spiro atoms. The van der Waals surface area contributed by atoms with Crippen molar-refractivity contribution in [2.75, 3.05) is 7.11 Å². The Labute approximate surface area is 154 Å². The quantitative estimate of drug-likeness (QED) is 0.704. The first kappa shape index (κ1) is 18.9. The number of hydrogen-bond donors (Lipinski definition) is 1. The lowest BCUT2D eigenvalue weighted by Crippen LogP contribution is -2.25. The van der Waals surface area contributed by atoms with Crippen molar-refractivity contribution < 1.29 is 9.47 Å². The molecular weight excluding hydrogens is 378 g/mol. The molecule has 0 aromatic heterocycles. The average Bonchev–Trinajstić information content (AvgIpc) is 3.19. The predicted molar refractivity (Wildman–Crippen MR) is 99.9 cm³/mol. The second-order valence-corrected chi connectivity index (χ2v) is 7.34. The third-order valence-corrected chi connectivity index (χ3v) is 5.60. The van der Waals surface area contributed by atoms with Crippen molar-refractivity contribution >= 4 is 28.3 Å². The van der Waals surface area contributed by atoms with Crippen LogP contribution in [0.25, 0.3) is 0 Å². The molecule has 0 aliphatic heterocycles. The van der Waals surface area contributed by atoms with Crippen molar-refractivity contribution in [2.45, 2.75) is 70.1 Å². The first-order valence-electron chi connectivity index (χ1n) is 8.52. The second kappa shape index (κ2) is 9.14. The minimum absolute atomic E-state index is 0. The summed E-state index contributed by atoms with van der Waals surface area (Å²) in [6.07, 6.45) is 10.5. The molecule has 1 aromatic carbocycles. The molecule has 3 rings (SSSR count). The summed E-state index contributed by atoms with van der Waals surface area (Å²) in [6.45, 7) is 0.880. The zero-order chi connectivity index (χ0) is 15.4. The maximum Gasteiger partial charge on any atom is 0.162 e. The van der Waals surface area contributed by atoms with Gasteiger partial charge in [-0.1, -0.05) is 28.8 Å². The third-order valence-electron chi connectivity index (χ3n) is 4.86. The van der Waals surface area contributed by atoms with Gasteiger partial charge in [-0.2, -0.15) is 0 Å². The van der Waals surface area contributed by atoms with Crippen LogP contribution in [-0.2, 0) is 6.54 Å². The predicted octanol–water partition coefficient (Wildman–Crippen LogP) is 5.23. The van der Waals surface area contributed by atoms with Gasteiger partial charge in [0.05, 0.1) is 13.2 Å². The summed E-state index contributed by atoms with van der Waals surface area (Å²) in [5, 5.41) is 3.66. The lowest BCUT2D eigenvalue weighted by Gasteiger charge is -2.19. The fraction of sp³-hybridized carbons (Fsp3) is 0.667. The van der Waals surface area contributed by atoms with E-state index in [0.717, 1.165) is 35.4 Å². The first-order valence-corrected chi connectivity index (χ1v) is 9.32. The highest BCUT2D eigenvalue weighted by molar-refractivity contribution is 9.10. The Balaban J connectivity index is 0.00000192. The third kappa shape index (κ3) is 5.01. The minimum Gasteiger partial charge on any atom is -0.493 e. The van der Waals surface area contributed by atoms with Crippen LogP contribution in [0.5, 0.6) is 11.5 Å². The van der Waals surface area contributed by atoms with Crippen LogP contribution in [0.15, 0.2) is 16.6 Å². The molecule has 5 heteroatoms. The van der Waals surface area contributed by atoms with Gasteiger partial charge in [0.15, 0.2) is 11.5 Å². The molecule has 0 bridgehead atoms. The van der Waals surface area contributed by atoms with Crippen LogP contribution in [-0.4, -0.2) is 19.3 Å². The number of benzene rings is 1. The lowest BCUT2D eigenvalue weighted by molar-refractivity contribution is 0.200. The molecule has 3 nitrogen and oxygen atoms in total. The molecule has 23 heavy (non-hydrogen) atoms. The van der Waals surface area contributed by atoms with Crippen molar-refractivity contribution in [1.82, 2.24) is 5.32 Å². The van der Waals surface area contributed by atoms with Crippen molar-refractivity contribution in [3.8, 4) is 11.5 Å². The average molecular weight is 405 g/mol. The summed E-state index contributed by atoms with van der Waals surface area (Å²) in [5.41, 5.74) is 1.24. The molecule has 1 aromatic rings. The summed E-state index contributed by atoms with van der Waals surface area (Å²) >= 11 is 3.69. The number of hydrogen-bond acceptors (Lipinski definition) is 3. The fourth-order valence-corrected chi connectivity index (χ4v) is 4.00. The molecule has 0 radical (unpaired) electrons. The summed E-state index contributed by atoms with van der Waals surface area (Å²) in [5.74, 6) is 1.71. The number of rotatable bonds is 6. The second-order valence-electron chi connectivity index (χ2n) is 6.48. The molecule has 2 aliphatic rings. The number of methoxy groups -OCH3 is 1.